The van der Waals surface area contributed by atoms with E-state index in [1.165, 1.54) is 16.3 Å². The Morgan fingerprint density at radius 1 is 1.00 bits per heavy atom. The number of anilines is 1. The van der Waals surface area contributed by atoms with Gasteiger partial charge in [-0.15, -0.1) is 0 Å². The molecule has 128 valence electrons. The molecule has 1 N–H and O–H groups in total. The van der Waals surface area contributed by atoms with E-state index in [4.69, 9.17) is 9.72 Å². The van der Waals surface area contributed by atoms with Crippen molar-refractivity contribution in [3.05, 3.63) is 60.4 Å². The van der Waals surface area contributed by atoms with E-state index >= 15 is 0 Å². The second kappa shape index (κ2) is 7.21. The zero-order valence-electron chi connectivity index (χ0n) is 14.5. The minimum absolute atomic E-state index is 0.821. The molecule has 4 heteroatoms. The molecule has 3 aromatic rings. The van der Waals surface area contributed by atoms with Crippen molar-refractivity contribution in [3.8, 4) is 11.1 Å². The quantitative estimate of drug-likeness (QED) is 0.788. The molecule has 0 amide bonds. The number of hydrogen-bond donors (Lipinski definition) is 1. The van der Waals surface area contributed by atoms with E-state index in [0.29, 0.717) is 0 Å². The van der Waals surface area contributed by atoms with Gasteiger partial charge in [-0.1, -0.05) is 36.4 Å². The molecule has 4 rings (SSSR count). The fraction of sp³-hybridized carbons (Fsp3) is 0.286. The van der Waals surface area contributed by atoms with Crippen LogP contribution < -0.4 is 5.32 Å². The molecule has 4 nitrogen and oxygen atoms in total. The van der Waals surface area contributed by atoms with Crippen LogP contribution in [0.5, 0.6) is 0 Å². The summed E-state index contributed by atoms with van der Waals surface area (Å²) in [5.74, 6) is 0. The SMILES string of the molecule is CNc1ccc(-c2ccc(CN3CCOCC3)nc2)c2ccccc12. The van der Waals surface area contributed by atoms with Crippen LogP contribution in [0.15, 0.2) is 54.7 Å². The third kappa shape index (κ3) is 3.36. The summed E-state index contributed by atoms with van der Waals surface area (Å²) in [6.07, 6.45) is 2.00. The van der Waals surface area contributed by atoms with Crippen LogP contribution in [0.25, 0.3) is 21.9 Å². The first kappa shape index (κ1) is 16.1. The Bertz CT molecular complexity index is 855. The lowest BCUT2D eigenvalue weighted by Gasteiger charge is -2.26. The van der Waals surface area contributed by atoms with Crippen LogP contribution in [0.3, 0.4) is 0 Å². The zero-order valence-corrected chi connectivity index (χ0v) is 14.5. The summed E-state index contributed by atoms with van der Waals surface area (Å²) in [5.41, 5.74) is 4.64. The van der Waals surface area contributed by atoms with Gasteiger partial charge >= 0.3 is 0 Å². The standard InChI is InChI=1S/C21H23N3O/c1-22-21-9-8-18(19-4-2-3-5-20(19)21)16-6-7-17(23-14-16)15-24-10-12-25-13-11-24/h2-9,14,22H,10-13,15H2,1H3. The number of aromatic nitrogens is 1. The number of fused-ring (bicyclic) bond motifs is 1. The minimum Gasteiger partial charge on any atom is -0.388 e. The first-order chi connectivity index (χ1) is 12.3. The van der Waals surface area contributed by atoms with E-state index in [0.717, 1.165) is 49.8 Å². The van der Waals surface area contributed by atoms with Crippen LogP contribution in [0.4, 0.5) is 5.69 Å². The molecule has 0 bridgehead atoms. The van der Waals surface area contributed by atoms with Crippen LogP contribution in [0.2, 0.25) is 0 Å². The zero-order chi connectivity index (χ0) is 17.1. The first-order valence-electron chi connectivity index (χ1n) is 8.80. The van der Waals surface area contributed by atoms with Gasteiger partial charge in [-0.2, -0.15) is 0 Å². The van der Waals surface area contributed by atoms with E-state index in [-0.39, 0.29) is 0 Å². The molecule has 0 unspecified atom stereocenters. The molecule has 2 aromatic carbocycles. The van der Waals surface area contributed by atoms with E-state index in [9.17, 15) is 0 Å². The second-order valence-corrected chi connectivity index (χ2v) is 6.38. The van der Waals surface area contributed by atoms with Crippen molar-refractivity contribution >= 4 is 16.5 Å². The molecule has 1 saturated heterocycles. The number of morpholine rings is 1. The van der Waals surface area contributed by atoms with Gasteiger partial charge in [0.15, 0.2) is 0 Å². The van der Waals surface area contributed by atoms with Crippen molar-refractivity contribution in [1.29, 1.82) is 0 Å². The van der Waals surface area contributed by atoms with Crippen LogP contribution in [0.1, 0.15) is 5.69 Å². The highest BCUT2D eigenvalue weighted by molar-refractivity contribution is 6.03. The fourth-order valence-electron chi connectivity index (χ4n) is 3.43. The van der Waals surface area contributed by atoms with Crippen LogP contribution in [-0.4, -0.2) is 43.2 Å². The largest absolute Gasteiger partial charge is 0.388 e. The molecule has 0 spiro atoms. The van der Waals surface area contributed by atoms with Crippen molar-refractivity contribution in [2.45, 2.75) is 6.54 Å². The Morgan fingerprint density at radius 2 is 1.80 bits per heavy atom. The third-order valence-electron chi connectivity index (χ3n) is 4.82. The normalized spacial score (nSPS) is 15.4. The first-order valence-corrected chi connectivity index (χ1v) is 8.80. The Hall–Kier alpha value is -2.43. The maximum Gasteiger partial charge on any atom is 0.0594 e. The predicted octanol–water partition coefficient (Wildman–Crippen LogP) is 3.78. The van der Waals surface area contributed by atoms with E-state index in [1.807, 2.05) is 13.2 Å². The number of benzene rings is 2. The average Bonchev–Trinajstić information content (AvgIpc) is 2.69. The molecule has 0 aliphatic carbocycles. The van der Waals surface area contributed by atoms with Gasteiger partial charge in [0.25, 0.3) is 0 Å². The number of pyridine rings is 1. The number of nitrogens with one attached hydrogen (secondary N) is 1. The lowest BCUT2D eigenvalue weighted by Crippen LogP contribution is -2.35. The highest BCUT2D eigenvalue weighted by Gasteiger charge is 2.12. The molecule has 0 atom stereocenters. The van der Waals surface area contributed by atoms with Crippen LogP contribution in [-0.2, 0) is 11.3 Å². The predicted molar refractivity (Wildman–Crippen MR) is 103 cm³/mol. The number of rotatable bonds is 4. The van der Waals surface area contributed by atoms with Gasteiger partial charge in [0.2, 0.25) is 0 Å². The molecule has 0 saturated carbocycles. The molecule has 25 heavy (non-hydrogen) atoms. The average molecular weight is 333 g/mol. The Balaban J connectivity index is 1.63. The van der Waals surface area contributed by atoms with E-state index < -0.39 is 0 Å². The highest BCUT2D eigenvalue weighted by atomic mass is 16.5. The van der Waals surface area contributed by atoms with Crippen molar-refractivity contribution in [1.82, 2.24) is 9.88 Å². The summed E-state index contributed by atoms with van der Waals surface area (Å²) in [6.45, 7) is 4.51. The molecule has 2 heterocycles. The summed E-state index contributed by atoms with van der Waals surface area (Å²) in [5, 5.41) is 5.76. The summed E-state index contributed by atoms with van der Waals surface area (Å²) in [7, 11) is 1.96. The molecular formula is C21H23N3O. The van der Waals surface area contributed by atoms with Crippen molar-refractivity contribution in [3.63, 3.8) is 0 Å². The van der Waals surface area contributed by atoms with Crippen molar-refractivity contribution in [2.75, 3.05) is 38.7 Å². The highest BCUT2D eigenvalue weighted by Crippen LogP contribution is 2.32. The number of nitrogens with zero attached hydrogens (tertiary/aromatic N) is 2. The monoisotopic (exact) mass is 333 g/mol. The van der Waals surface area contributed by atoms with Gasteiger partial charge in [-0.3, -0.25) is 9.88 Å². The Morgan fingerprint density at radius 3 is 2.52 bits per heavy atom. The summed E-state index contributed by atoms with van der Waals surface area (Å²) in [4.78, 5) is 7.09. The van der Waals surface area contributed by atoms with E-state index in [2.05, 4.69) is 58.7 Å². The van der Waals surface area contributed by atoms with Gasteiger partial charge in [-0.05, 0) is 23.1 Å². The third-order valence-corrected chi connectivity index (χ3v) is 4.82. The van der Waals surface area contributed by atoms with E-state index in [1.54, 1.807) is 0 Å². The van der Waals surface area contributed by atoms with Crippen molar-refractivity contribution < 1.29 is 4.74 Å². The molecule has 1 fully saturated rings. The van der Waals surface area contributed by atoms with Gasteiger partial charge < -0.3 is 10.1 Å². The Kier molecular flexibility index (Phi) is 4.63. The molecule has 1 aliphatic rings. The topological polar surface area (TPSA) is 37.4 Å². The number of ether oxygens (including phenoxy) is 1. The summed E-state index contributed by atoms with van der Waals surface area (Å²) in [6, 6.07) is 17.1. The maximum absolute atomic E-state index is 5.41. The van der Waals surface area contributed by atoms with Gasteiger partial charge in [0.1, 0.15) is 0 Å². The van der Waals surface area contributed by atoms with Gasteiger partial charge in [0, 0.05) is 49.5 Å². The van der Waals surface area contributed by atoms with Gasteiger partial charge in [-0.25, -0.2) is 0 Å². The fourth-order valence-corrected chi connectivity index (χ4v) is 3.43. The van der Waals surface area contributed by atoms with Crippen molar-refractivity contribution in [2.24, 2.45) is 0 Å². The molecular weight excluding hydrogens is 310 g/mol. The minimum atomic E-state index is 0.821. The maximum atomic E-state index is 5.41. The smallest absolute Gasteiger partial charge is 0.0594 e. The molecule has 1 aliphatic heterocycles. The lowest BCUT2D eigenvalue weighted by molar-refractivity contribution is 0.0336. The summed E-state index contributed by atoms with van der Waals surface area (Å²) < 4.78 is 5.41. The van der Waals surface area contributed by atoms with Crippen LogP contribution >= 0.6 is 0 Å². The Labute approximate surface area is 148 Å². The van der Waals surface area contributed by atoms with Gasteiger partial charge in [0.05, 0.1) is 18.9 Å². The lowest BCUT2D eigenvalue weighted by atomic mass is 9.98. The molecule has 0 radical (unpaired) electrons. The second-order valence-electron chi connectivity index (χ2n) is 6.38. The van der Waals surface area contributed by atoms with Crippen LogP contribution in [0, 0.1) is 0 Å². The summed E-state index contributed by atoms with van der Waals surface area (Å²) >= 11 is 0. The number of hydrogen-bond acceptors (Lipinski definition) is 4. The molecule has 1 aromatic heterocycles.